The van der Waals surface area contributed by atoms with Crippen LogP contribution in [0.5, 0.6) is 0 Å². The van der Waals surface area contributed by atoms with Crippen LogP contribution in [0.1, 0.15) is 11.3 Å². The van der Waals surface area contributed by atoms with Crippen LogP contribution in [0.25, 0.3) is 0 Å². The minimum absolute atomic E-state index is 0.0946. The number of nitrogens with zero attached hydrogens (tertiary/aromatic N) is 2. The topological polar surface area (TPSA) is 46.9 Å². The first-order chi connectivity index (χ1) is 12.3. The predicted molar refractivity (Wildman–Crippen MR) is 82.1 cm³/mol. The van der Waals surface area contributed by atoms with Gasteiger partial charge in [0.05, 0.1) is 6.54 Å². The summed E-state index contributed by atoms with van der Waals surface area (Å²) in [6, 6.07) is 7.54. The van der Waals surface area contributed by atoms with E-state index in [1.54, 1.807) is 24.3 Å². The van der Waals surface area contributed by atoms with Crippen molar-refractivity contribution >= 4 is 23.3 Å². The van der Waals surface area contributed by atoms with E-state index in [2.05, 4.69) is 5.10 Å². The molecule has 0 atom stereocenters. The molecular formula is C15H11ClF7N3O. The summed E-state index contributed by atoms with van der Waals surface area (Å²) in [5.74, 6) is -16.0. The van der Waals surface area contributed by atoms with E-state index in [0.717, 1.165) is 6.07 Å². The highest BCUT2D eigenvalue weighted by atomic mass is 35.5. The highest BCUT2D eigenvalue weighted by molar-refractivity contribution is 6.30. The van der Waals surface area contributed by atoms with Crippen molar-refractivity contribution < 1.29 is 35.5 Å². The number of aryl methyl sites for hydroxylation is 1. The van der Waals surface area contributed by atoms with Crippen LogP contribution < -0.4 is 5.32 Å². The molecule has 1 heterocycles. The number of halogens is 8. The van der Waals surface area contributed by atoms with Gasteiger partial charge in [-0.15, -0.1) is 0 Å². The second-order valence-corrected chi connectivity index (χ2v) is 6.00. The van der Waals surface area contributed by atoms with Crippen molar-refractivity contribution in [2.24, 2.45) is 0 Å². The largest absolute Gasteiger partial charge is 0.460 e. The molecule has 1 aromatic carbocycles. The molecule has 4 nitrogen and oxygen atoms in total. The Morgan fingerprint density at radius 2 is 1.78 bits per heavy atom. The van der Waals surface area contributed by atoms with E-state index in [0.29, 0.717) is 16.3 Å². The van der Waals surface area contributed by atoms with Crippen LogP contribution in [0.2, 0.25) is 5.02 Å². The van der Waals surface area contributed by atoms with E-state index < -0.39 is 29.7 Å². The smallest absolute Gasteiger partial charge is 0.304 e. The van der Waals surface area contributed by atoms with Crippen molar-refractivity contribution in [3.8, 4) is 0 Å². The lowest BCUT2D eigenvalue weighted by Gasteiger charge is -2.26. The molecule has 2 rings (SSSR count). The minimum Gasteiger partial charge on any atom is -0.304 e. The number of alkyl halides is 7. The SMILES string of the molecule is Cc1cc(NC(=O)C(F)(F)C(F)(F)C(F)(F)F)nn1Cc1cccc(Cl)c1. The van der Waals surface area contributed by atoms with Crippen molar-refractivity contribution in [2.75, 3.05) is 5.32 Å². The predicted octanol–water partition coefficient (Wildman–Crippen LogP) is 4.66. The Balaban J connectivity index is 2.20. The average molecular weight is 418 g/mol. The Hall–Kier alpha value is -2.30. The Kier molecular flexibility index (Phi) is 5.46. The first-order valence-corrected chi connectivity index (χ1v) is 7.56. The van der Waals surface area contributed by atoms with Gasteiger partial charge in [-0.05, 0) is 24.6 Å². The zero-order valence-electron chi connectivity index (χ0n) is 13.4. The summed E-state index contributed by atoms with van der Waals surface area (Å²) >= 11 is 5.82. The fourth-order valence-electron chi connectivity index (χ4n) is 2.05. The Bertz CT molecular complexity index is 848. The number of hydrogen-bond acceptors (Lipinski definition) is 2. The van der Waals surface area contributed by atoms with Crippen molar-refractivity contribution in [2.45, 2.75) is 31.5 Å². The third-order valence-corrected chi connectivity index (χ3v) is 3.71. The molecule has 0 saturated heterocycles. The van der Waals surface area contributed by atoms with E-state index in [4.69, 9.17) is 11.6 Å². The number of carbonyl (C=O) groups excluding carboxylic acids is 1. The van der Waals surface area contributed by atoms with E-state index in [1.165, 1.54) is 16.9 Å². The van der Waals surface area contributed by atoms with Gasteiger partial charge in [-0.1, -0.05) is 23.7 Å². The van der Waals surface area contributed by atoms with Crippen molar-refractivity contribution in [3.63, 3.8) is 0 Å². The van der Waals surface area contributed by atoms with Gasteiger partial charge in [0.2, 0.25) is 0 Å². The molecule has 0 aliphatic carbocycles. The first kappa shape index (κ1) is 21.0. The summed E-state index contributed by atoms with van der Waals surface area (Å²) in [6.45, 7) is 1.56. The maximum atomic E-state index is 13.3. The number of nitrogens with one attached hydrogen (secondary N) is 1. The molecule has 1 amide bonds. The van der Waals surface area contributed by atoms with Crippen LogP contribution in [-0.2, 0) is 11.3 Å². The molecule has 0 bridgehead atoms. The van der Waals surface area contributed by atoms with Gasteiger partial charge in [-0.3, -0.25) is 9.48 Å². The number of carbonyl (C=O) groups is 1. The lowest BCUT2D eigenvalue weighted by atomic mass is 10.1. The Morgan fingerprint density at radius 3 is 2.33 bits per heavy atom. The van der Waals surface area contributed by atoms with E-state index in [1.807, 2.05) is 0 Å². The lowest BCUT2D eigenvalue weighted by molar-refractivity contribution is -0.343. The monoisotopic (exact) mass is 417 g/mol. The van der Waals surface area contributed by atoms with Gasteiger partial charge in [0, 0.05) is 16.8 Å². The van der Waals surface area contributed by atoms with Gasteiger partial charge in [0.25, 0.3) is 0 Å². The summed E-state index contributed by atoms with van der Waals surface area (Å²) in [7, 11) is 0. The normalized spacial score (nSPS) is 12.9. The standard InChI is InChI=1S/C15H11ClF7N3O/c1-8-5-11(25-26(8)7-9-3-2-4-10(16)6-9)24-12(27)13(17,18)14(19,20)15(21,22)23/h2-6H,7H2,1H3,(H,24,25,27). The Morgan fingerprint density at radius 1 is 1.15 bits per heavy atom. The van der Waals surface area contributed by atoms with Crippen LogP contribution in [0.4, 0.5) is 36.6 Å². The van der Waals surface area contributed by atoms with Crippen LogP contribution >= 0.6 is 11.6 Å². The number of aromatic nitrogens is 2. The molecule has 0 spiro atoms. The van der Waals surface area contributed by atoms with Gasteiger partial charge in [-0.25, -0.2) is 0 Å². The van der Waals surface area contributed by atoms with Crippen LogP contribution in [-0.4, -0.2) is 33.7 Å². The highest BCUT2D eigenvalue weighted by Crippen LogP contribution is 2.46. The van der Waals surface area contributed by atoms with Crippen LogP contribution in [0, 0.1) is 6.92 Å². The number of amides is 1. The lowest BCUT2D eigenvalue weighted by Crippen LogP contribution is -2.57. The quantitative estimate of drug-likeness (QED) is 0.719. The molecule has 0 unspecified atom stereocenters. The van der Waals surface area contributed by atoms with Gasteiger partial charge in [0.15, 0.2) is 5.82 Å². The molecule has 0 aliphatic rings. The number of benzene rings is 1. The van der Waals surface area contributed by atoms with Crippen LogP contribution in [0.3, 0.4) is 0 Å². The maximum Gasteiger partial charge on any atom is 0.460 e. The molecule has 0 radical (unpaired) electrons. The van der Waals surface area contributed by atoms with Gasteiger partial charge in [-0.2, -0.15) is 35.8 Å². The molecular weight excluding hydrogens is 407 g/mol. The van der Waals surface area contributed by atoms with E-state index in [-0.39, 0.29) is 6.54 Å². The van der Waals surface area contributed by atoms with Gasteiger partial charge in [0.1, 0.15) is 0 Å². The zero-order valence-corrected chi connectivity index (χ0v) is 14.2. The maximum absolute atomic E-state index is 13.3. The minimum atomic E-state index is -6.60. The fourth-order valence-corrected chi connectivity index (χ4v) is 2.27. The van der Waals surface area contributed by atoms with Crippen LogP contribution in [0.15, 0.2) is 30.3 Å². The Labute approximate surface area is 152 Å². The molecule has 0 aliphatic heterocycles. The molecule has 1 aromatic heterocycles. The second-order valence-electron chi connectivity index (χ2n) is 5.56. The summed E-state index contributed by atoms with van der Waals surface area (Å²) in [6.07, 6.45) is -6.60. The summed E-state index contributed by atoms with van der Waals surface area (Å²) in [5, 5.41) is 5.42. The molecule has 148 valence electrons. The van der Waals surface area contributed by atoms with Gasteiger partial charge >= 0.3 is 23.9 Å². The summed E-state index contributed by atoms with van der Waals surface area (Å²) < 4.78 is 90.1. The van der Waals surface area contributed by atoms with E-state index in [9.17, 15) is 35.5 Å². The summed E-state index contributed by atoms with van der Waals surface area (Å²) in [5.41, 5.74) is 0.983. The number of hydrogen-bond donors (Lipinski definition) is 1. The molecule has 12 heteroatoms. The van der Waals surface area contributed by atoms with Gasteiger partial charge < -0.3 is 5.32 Å². The molecule has 0 fully saturated rings. The third kappa shape index (κ3) is 4.18. The van der Waals surface area contributed by atoms with Crippen molar-refractivity contribution in [3.05, 3.63) is 46.6 Å². The average Bonchev–Trinajstić information content (AvgIpc) is 2.85. The highest BCUT2D eigenvalue weighted by Gasteiger charge is 2.76. The summed E-state index contributed by atoms with van der Waals surface area (Å²) in [4.78, 5) is 11.3. The molecule has 27 heavy (non-hydrogen) atoms. The van der Waals surface area contributed by atoms with E-state index >= 15 is 0 Å². The third-order valence-electron chi connectivity index (χ3n) is 3.48. The molecule has 0 saturated carbocycles. The number of anilines is 1. The molecule has 1 N–H and O–H groups in total. The zero-order chi connectivity index (χ0) is 20.6. The molecule has 2 aromatic rings. The van der Waals surface area contributed by atoms with Crippen molar-refractivity contribution in [1.82, 2.24) is 9.78 Å². The fraction of sp³-hybridized carbons (Fsp3) is 0.333. The first-order valence-electron chi connectivity index (χ1n) is 7.18. The second kappa shape index (κ2) is 7.02. The number of rotatable bonds is 5. The van der Waals surface area contributed by atoms with Crippen molar-refractivity contribution in [1.29, 1.82) is 0 Å².